The van der Waals surface area contributed by atoms with Crippen LogP contribution >= 0.6 is 11.8 Å². The van der Waals surface area contributed by atoms with E-state index in [4.69, 9.17) is 10.1 Å². The maximum absolute atomic E-state index is 12.8. The van der Waals surface area contributed by atoms with Crippen LogP contribution in [0, 0.1) is 5.41 Å². The molecule has 1 amide bonds. The molecule has 1 aliphatic heterocycles. The summed E-state index contributed by atoms with van der Waals surface area (Å²) in [6.07, 6.45) is 1.23. The largest absolute Gasteiger partial charge is 0.492 e. The van der Waals surface area contributed by atoms with Gasteiger partial charge in [0.15, 0.2) is 5.17 Å². The molecule has 8 heteroatoms. The summed E-state index contributed by atoms with van der Waals surface area (Å²) in [5, 5.41) is 10.6. The number of nitrogens with one attached hydrogen (secondary N) is 2. The second kappa shape index (κ2) is 8.71. The van der Waals surface area contributed by atoms with Gasteiger partial charge in [-0.25, -0.2) is 4.98 Å². The van der Waals surface area contributed by atoms with Crippen molar-refractivity contribution in [3.8, 4) is 5.75 Å². The highest BCUT2D eigenvalue weighted by Crippen LogP contribution is 2.23. The highest BCUT2D eigenvalue weighted by molar-refractivity contribution is 8.15. The summed E-state index contributed by atoms with van der Waals surface area (Å²) in [6.45, 7) is 2.75. The van der Waals surface area contributed by atoms with Crippen LogP contribution in [0.25, 0.3) is 10.9 Å². The normalized spacial score (nSPS) is 16.1. The first-order chi connectivity index (χ1) is 14.5. The monoisotopic (exact) mass is 422 g/mol. The highest BCUT2D eigenvalue weighted by atomic mass is 32.2. The molecule has 1 aliphatic rings. The topological polar surface area (TPSA) is 97.1 Å². The average Bonchev–Trinajstić information content (AvgIpc) is 3.07. The first-order valence-electron chi connectivity index (χ1n) is 9.81. The predicted molar refractivity (Wildman–Crippen MR) is 118 cm³/mol. The molecule has 0 spiro atoms. The van der Waals surface area contributed by atoms with Crippen LogP contribution in [0.3, 0.4) is 0 Å². The van der Waals surface area contributed by atoms with Crippen LogP contribution in [0.2, 0.25) is 0 Å². The number of ether oxygens (including phenoxy) is 1. The maximum atomic E-state index is 12.8. The van der Waals surface area contributed by atoms with Crippen molar-refractivity contribution in [2.75, 3.05) is 6.61 Å². The first-order valence-corrected chi connectivity index (χ1v) is 10.7. The Hall–Kier alpha value is -3.13. The van der Waals surface area contributed by atoms with Crippen LogP contribution in [0.4, 0.5) is 0 Å². The Morgan fingerprint density at radius 3 is 2.63 bits per heavy atom. The molecule has 154 valence electrons. The Bertz CT molecular complexity index is 1160. The summed E-state index contributed by atoms with van der Waals surface area (Å²) in [6, 6.07) is 14.9. The minimum Gasteiger partial charge on any atom is -0.492 e. The van der Waals surface area contributed by atoms with Gasteiger partial charge in [0, 0.05) is 6.42 Å². The second-order valence-electron chi connectivity index (χ2n) is 6.98. The van der Waals surface area contributed by atoms with Gasteiger partial charge < -0.3 is 10.1 Å². The van der Waals surface area contributed by atoms with Gasteiger partial charge in [-0.1, -0.05) is 43.0 Å². The number of hydrogen-bond donors (Lipinski definition) is 2. The SMILES string of the molecule is CCc1nc2ccccc2c(=O)n1CCOc1ccc(CC2SC(=N)NC2=O)cc1. The van der Waals surface area contributed by atoms with Crippen LogP contribution in [0.15, 0.2) is 53.3 Å². The molecule has 1 atom stereocenters. The quantitative estimate of drug-likeness (QED) is 0.610. The Morgan fingerprint density at radius 1 is 1.17 bits per heavy atom. The first kappa shape index (κ1) is 20.2. The molecule has 7 nitrogen and oxygen atoms in total. The molecule has 0 saturated carbocycles. The fraction of sp³-hybridized carbons (Fsp3) is 0.273. The number of aromatic nitrogens is 2. The number of carbonyl (C=O) groups is 1. The van der Waals surface area contributed by atoms with Gasteiger partial charge in [0.2, 0.25) is 5.91 Å². The molecule has 0 bridgehead atoms. The van der Waals surface area contributed by atoms with E-state index in [0.717, 1.165) is 16.9 Å². The number of thioether (sulfide) groups is 1. The van der Waals surface area contributed by atoms with E-state index in [1.165, 1.54) is 11.8 Å². The third-order valence-electron chi connectivity index (χ3n) is 4.97. The number of hydrogen-bond acceptors (Lipinski definition) is 6. The average molecular weight is 423 g/mol. The molecular formula is C22H22N4O3S. The number of benzene rings is 2. The van der Waals surface area contributed by atoms with E-state index < -0.39 is 0 Å². The van der Waals surface area contributed by atoms with Crippen molar-refractivity contribution in [1.29, 1.82) is 5.41 Å². The van der Waals surface area contributed by atoms with E-state index in [2.05, 4.69) is 10.3 Å². The minimum atomic E-state index is -0.260. The van der Waals surface area contributed by atoms with Gasteiger partial charge in [0.1, 0.15) is 18.2 Å². The van der Waals surface area contributed by atoms with Crippen LogP contribution in [-0.4, -0.2) is 32.5 Å². The second-order valence-corrected chi connectivity index (χ2v) is 8.19. The molecule has 1 aromatic heterocycles. The lowest BCUT2D eigenvalue weighted by Gasteiger charge is -2.13. The fourth-order valence-electron chi connectivity index (χ4n) is 3.46. The number of amidine groups is 1. The molecule has 0 radical (unpaired) electrons. The van der Waals surface area contributed by atoms with Gasteiger partial charge in [-0.15, -0.1) is 0 Å². The summed E-state index contributed by atoms with van der Waals surface area (Å²) in [4.78, 5) is 29.2. The molecule has 4 rings (SSSR count). The van der Waals surface area contributed by atoms with Crippen molar-refractivity contribution >= 4 is 33.7 Å². The van der Waals surface area contributed by atoms with E-state index in [1.807, 2.05) is 49.4 Å². The lowest BCUT2D eigenvalue weighted by Crippen LogP contribution is -2.27. The van der Waals surface area contributed by atoms with Crippen LogP contribution in [0.1, 0.15) is 18.3 Å². The Labute approximate surface area is 178 Å². The van der Waals surface area contributed by atoms with Gasteiger partial charge in [-0.05, 0) is 36.2 Å². The molecule has 1 saturated heterocycles. The number of fused-ring (bicyclic) bond motifs is 1. The lowest BCUT2D eigenvalue weighted by molar-refractivity contribution is -0.118. The molecule has 30 heavy (non-hydrogen) atoms. The van der Waals surface area contributed by atoms with Gasteiger partial charge in [0.05, 0.1) is 22.7 Å². The summed E-state index contributed by atoms with van der Waals surface area (Å²) >= 11 is 1.24. The van der Waals surface area contributed by atoms with Crippen LogP contribution < -0.4 is 15.6 Å². The summed E-state index contributed by atoms with van der Waals surface area (Å²) < 4.78 is 7.52. The van der Waals surface area contributed by atoms with Crippen molar-refractivity contribution in [1.82, 2.24) is 14.9 Å². The van der Waals surface area contributed by atoms with E-state index >= 15 is 0 Å². The van der Waals surface area contributed by atoms with Crippen LogP contribution in [0.5, 0.6) is 5.75 Å². The van der Waals surface area contributed by atoms with Crippen molar-refractivity contribution in [3.63, 3.8) is 0 Å². The third kappa shape index (κ3) is 4.23. The number of carbonyl (C=O) groups excluding carboxylic acids is 1. The van der Waals surface area contributed by atoms with E-state index in [1.54, 1.807) is 10.6 Å². The molecule has 1 fully saturated rings. The predicted octanol–water partition coefficient (Wildman–Crippen LogP) is 2.75. The number of rotatable bonds is 7. The van der Waals surface area contributed by atoms with Gasteiger partial charge in [0.25, 0.3) is 5.56 Å². The van der Waals surface area contributed by atoms with Crippen LogP contribution in [-0.2, 0) is 24.2 Å². The fourth-order valence-corrected chi connectivity index (χ4v) is 4.34. The van der Waals surface area contributed by atoms with E-state index in [0.29, 0.717) is 37.1 Å². The number of para-hydroxylation sites is 1. The Balaban J connectivity index is 1.40. The number of amides is 1. The Kier molecular flexibility index (Phi) is 5.85. The molecule has 1 unspecified atom stereocenters. The zero-order valence-corrected chi connectivity index (χ0v) is 17.4. The molecule has 2 heterocycles. The number of nitrogens with zero attached hydrogens (tertiary/aromatic N) is 2. The zero-order valence-electron chi connectivity index (χ0n) is 16.6. The highest BCUT2D eigenvalue weighted by Gasteiger charge is 2.29. The third-order valence-corrected chi connectivity index (χ3v) is 5.98. The lowest BCUT2D eigenvalue weighted by atomic mass is 10.1. The van der Waals surface area contributed by atoms with Gasteiger partial charge >= 0.3 is 0 Å². The van der Waals surface area contributed by atoms with Crippen molar-refractivity contribution < 1.29 is 9.53 Å². The zero-order chi connectivity index (χ0) is 21.1. The molecule has 2 aromatic carbocycles. The van der Waals surface area contributed by atoms with Crippen molar-refractivity contribution in [3.05, 3.63) is 70.3 Å². The summed E-state index contributed by atoms with van der Waals surface area (Å²) in [5.41, 5.74) is 1.68. The molecular weight excluding hydrogens is 400 g/mol. The summed E-state index contributed by atoms with van der Waals surface area (Å²) in [5.74, 6) is 1.33. The maximum Gasteiger partial charge on any atom is 0.261 e. The molecule has 3 aromatic rings. The minimum absolute atomic E-state index is 0.0469. The Morgan fingerprint density at radius 2 is 1.93 bits per heavy atom. The standard InChI is InChI=1S/C22H22N4O3S/c1-2-19-24-17-6-4-3-5-16(17)21(28)26(19)11-12-29-15-9-7-14(8-10-15)13-18-20(27)25-22(23)30-18/h3-10,18H,2,11-13H2,1H3,(H2,23,25,27). The van der Waals surface area contributed by atoms with E-state index in [9.17, 15) is 9.59 Å². The summed E-state index contributed by atoms with van der Waals surface area (Å²) in [7, 11) is 0. The van der Waals surface area contributed by atoms with Crippen molar-refractivity contribution in [2.45, 2.75) is 31.6 Å². The molecule has 2 N–H and O–H groups in total. The number of aryl methyl sites for hydroxylation is 1. The van der Waals surface area contributed by atoms with Gasteiger partial charge in [-0.3, -0.25) is 19.6 Å². The van der Waals surface area contributed by atoms with E-state index in [-0.39, 0.29) is 21.9 Å². The molecule has 0 aliphatic carbocycles. The van der Waals surface area contributed by atoms with Gasteiger partial charge in [-0.2, -0.15) is 0 Å². The smallest absolute Gasteiger partial charge is 0.261 e. The van der Waals surface area contributed by atoms with Crippen molar-refractivity contribution in [2.24, 2.45) is 0 Å².